The van der Waals surface area contributed by atoms with Crippen molar-refractivity contribution in [3.05, 3.63) is 66.2 Å². The third-order valence-electron chi connectivity index (χ3n) is 4.97. The van der Waals surface area contributed by atoms with Gasteiger partial charge in [-0.1, -0.05) is 55.5 Å². The third kappa shape index (κ3) is 3.44. The molecule has 24 heavy (non-hydrogen) atoms. The molecule has 3 rings (SSSR count). The molecule has 4 heteroatoms. The Morgan fingerprint density at radius 2 is 1.79 bits per heavy atom. The standard InChI is InChI=1S/C20H24N2O2/c1-16-14-22(15-17-8-4-2-5-9-17)13-12-20(16,19(23)24)21-18-10-6-3-7-11-18/h2-11,16,21H,12-15H2,1H3,(H,23,24)/t16-,20-/m0/s1. The van der Waals surface area contributed by atoms with Gasteiger partial charge in [-0.2, -0.15) is 0 Å². The monoisotopic (exact) mass is 324 g/mol. The van der Waals surface area contributed by atoms with E-state index in [1.54, 1.807) is 0 Å². The average Bonchev–Trinajstić information content (AvgIpc) is 2.59. The number of nitrogens with zero attached hydrogens (tertiary/aromatic N) is 1. The Hall–Kier alpha value is -2.33. The first-order chi connectivity index (χ1) is 11.6. The molecule has 126 valence electrons. The zero-order chi connectivity index (χ0) is 17.0. The van der Waals surface area contributed by atoms with Crippen LogP contribution in [-0.4, -0.2) is 34.6 Å². The number of benzene rings is 2. The van der Waals surface area contributed by atoms with Gasteiger partial charge < -0.3 is 10.4 Å². The van der Waals surface area contributed by atoms with Crippen molar-refractivity contribution >= 4 is 11.7 Å². The minimum Gasteiger partial charge on any atom is -0.479 e. The van der Waals surface area contributed by atoms with Gasteiger partial charge in [0.2, 0.25) is 0 Å². The number of hydrogen-bond acceptors (Lipinski definition) is 3. The molecule has 2 aromatic carbocycles. The number of nitrogens with one attached hydrogen (secondary N) is 1. The van der Waals surface area contributed by atoms with Crippen LogP contribution in [0.3, 0.4) is 0 Å². The summed E-state index contributed by atoms with van der Waals surface area (Å²) in [6, 6.07) is 20.0. The predicted molar refractivity (Wildman–Crippen MR) is 95.9 cm³/mol. The third-order valence-corrected chi connectivity index (χ3v) is 4.97. The minimum absolute atomic E-state index is 0.00710. The molecule has 0 saturated carbocycles. The van der Waals surface area contributed by atoms with Gasteiger partial charge in [0.15, 0.2) is 0 Å². The van der Waals surface area contributed by atoms with E-state index in [1.165, 1.54) is 5.56 Å². The quantitative estimate of drug-likeness (QED) is 0.884. The summed E-state index contributed by atoms with van der Waals surface area (Å²) in [4.78, 5) is 14.4. The highest BCUT2D eigenvalue weighted by Gasteiger charge is 2.47. The predicted octanol–water partition coefficient (Wildman–Crippen LogP) is 3.46. The fourth-order valence-corrected chi connectivity index (χ4v) is 3.54. The Morgan fingerprint density at radius 3 is 2.38 bits per heavy atom. The number of carboxylic acid groups (broad SMARTS) is 1. The van der Waals surface area contributed by atoms with E-state index in [0.717, 1.165) is 25.3 Å². The molecule has 0 bridgehead atoms. The second kappa shape index (κ2) is 7.05. The SMILES string of the molecule is C[C@H]1CN(Cc2ccccc2)CC[C@@]1(Nc1ccccc1)C(=O)O. The number of rotatable bonds is 5. The minimum atomic E-state index is -0.908. The summed E-state index contributed by atoms with van der Waals surface area (Å²) in [7, 11) is 0. The van der Waals surface area contributed by atoms with E-state index in [2.05, 4.69) is 22.3 Å². The number of hydrogen-bond donors (Lipinski definition) is 2. The van der Waals surface area contributed by atoms with Crippen LogP contribution in [-0.2, 0) is 11.3 Å². The Kier molecular flexibility index (Phi) is 4.86. The van der Waals surface area contributed by atoms with Crippen molar-refractivity contribution < 1.29 is 9.90 Å². The van der Waals surface area contributed by atoms with E-state index in [1.807, 2.05) is 55.5 Å². The van der Waals surface area contributed by atoms with Crippen LogP contribution in [0.2, 0.25) is 0 Å². The molecule has 2 N–H and O–H groups in total. The van der Waals surface area contributed by atoms with Crippen molar-refractivity contribution in [2.75, 3.05) is 18.4 Å². The van der Waals surface area contributed by atoms with E-state index in [-0.39, 0.29) is 5.92 Å². The van der Waals surface area contributed by atoms with Gasteiger partial charge in [0.05, 0.1) is 0 Å². The lowest BCUT2D eigenvalue weighted by Gasteiger charge is -2.44. The van der Waals surface area contributed by atoms with Crippen LogP contribution in [0.1, 0.15) is 18.9 Å². The lowest BCUT2D eigenvalue weighted by atomic mass is 9.78. The van der Waals surface area contributed by atoms with Crippen LogP contribution in [0.5, 0.6) is 0 Å². The topological polar surface area (TPSA) is 52.6 Å². The number of likely N-dealkylation sites (tertiary alicyclic amines) is 1. The Bertz CT molecular complexity index is 675. The number of anilines is 1. The van der Waals surface area contributed by atoms with Gasteiger partial charge in [-0.25, -0.2) is 4.79 Å². The van der Waals surface area contributed by atoms with Crippen molar-refractivity contribution in [2.24, 2.45) is 5.92 Å². The number of aliphatic carboxylic acids is 1. The summed E-state index contributed by atoms with van der Waals surface area (Å²) >= 11 is 0. The first-order valence-corrected chi connectivity index (χ1v) is 8.43. The molecule has 0 radical (unpaired) electrons. The van der Waals surface area contributed by atoms with Crippen molar-refractivity contribution in [1.82, 2.24) is 4.90 Å². The molecule has 0 spiro atoms. The van der Waals surface area contributed by atoms with E-state index < -0.39 is 11.5 Å². The molecule has 1 aliphatic rings. The first kappa shape index (κ1) is 16.5. The molecule has 0 unspecified atom stereocenters. The molecule has 0 amide bonds. The van der Waals surface area contributed by atoms with E-state index in [9.17, 15) is 9.90 Å². The van der Waals surface area contributed by atoms with Crippen LogP contribution in [0.15, 0.2) is 60.7 Å². The lowest BCUT2D eigenvalue weighted by Crippen LogP contribution is -2.59. The van der Waals surface area contributed by atoms with Crippen LogP contribution in [0, 0.1) is 5.92 Å². The molecule has 1 fully saturated rings. The number of para-hydroxylation sites is 1. The molecule has 0 aliphatic carbocycles. The average molecular weight is 324 g/mol. The van der Waals surface area contributed by atoms with E-state index in [4.69, 9.17) is 0 Å². The smallest absolute Gasteiger partial charge is 0.329 e. The Balaban J connectivity index is 1.72. The van der Waals surface area contributed by atoms with Gasteiger partial charge in [0.1, 0.15) is 5.54 Å². The molecule has 4 nitrogen and oxygen atoms in total. The molecule has 1 aliphatic heterocycles. The summed E-state index contributed by atoms with van der Waals surface area (Å²) in [5, 5.41) is 13.2. The zero-order valence-corrected chi connectivity index (χ0v) is 14.0. The maximum atomic E-state index is 12.1. The summed E-state index contributed by atoms with van der Waals surface area (Å²) in [5.74, 6) is -0.758. The summed E-state index contributed by atoms with van der Waals surface area (Å²) in [6.07, 6.45) is 0.589. The molecule has 2 atom stereocenters. The summed E-state index contributed by atoms with van der Waals surface area (Å²) in [5.41, 5.74) is 1.22. The fraction of sp³-hybridized carbons (Fsp3) is 0.350. The van der Waals surface area contributed by atoms with Gasteiger partial charge in [0, 0.05) is 31.2 Å². The molecule has 0 aromatic heterocycles. The molecular weight excluding hydrogens is 300 g/mol. The van der Waals surface area contributed by atoms with Crippen molar-refractivity contribution in [3.63, 3.8) is 0 Å². The fourth-order valence-electron chi connectivity index (χ4n) is 3.54. The van der Waals surface area contributed by atoms with Gasteiger partial charge in [0.25, 0.3) is 0 Å². The summed E-state index contributed by atoms with van der Waals surface area (Å²) in [6.45, 7) is 4.43. The van der Waals surface area contributed by atoms with Gasteiger partial charge in [-0.05, 0) is 24.1 Å². The molecular formula is C20H24N2O2. The molecule has 1 saturated heterocycles. The van der Waals surface area contributed by atoms with E-state index in [0.29, 0.717) is 6.42 Å². The number of carbonyl (C=O) groups is 1. The van der Waals surface area contributed by atoms with Crippen LogP contribution in [0.25, 0.3) is 0 Å². The van der Waals surface area contributed by atoms with Crippen molar-refractivity contribution in [1.29, 1.82) is 0 Å². The first-order valence-electron chi connectivity index (χ1n) is 8.43. The number of carboxylic acids is 1. The number of piperidine rings is 1. The molecule has 1 heterocycles. The highest BCUT2D eigenvalue weighted by molar-refractivity contribution is 5.83. The largest absolute Gasteiger partial charge is 0.479 e. The van der Waals surface area contributed by atoms with Crippen LogP contribution < -0.4 is 5.32 Å². The second-order valence-corrected chi connectivity index (χ2v) is 6.64. The maximum absolute atomic E-state index is 12.1. The van der Waals surface area contributed by atoms with Gasteiger partial charge in [-0.3, -0.25) is 4.90 Å². The lowest BCUT2D eigenvalue weighted by molar-refractivity contribution is -0.146. The highest BCUT2D eigenvalue weighted by atomic mass is 16.4. The van der Waals surface area contributed by atoms with E-state index >= 15 is 0 Å². The second-order valence-electron chi connectivity index (χ2n) is 6.64. The van der Waals surface area contributed by atoms with Gasteiger partial charge >= 0.3 is 5.97 Å². The van der Waals surface area contributed by atoms with Crippen LogP contribution >= 0.6 is 0 Å². The molecule has 2 aromatic rings. The van der Waals surface area contributed by atoms with Gasteiger partial charge in [-0.15, -0.1) is 0 Å². The summed E-state index contributed by atoms with van der Waals surface area (Å²) < 4.78 is 0. The van der Waals surface area contributed by atoms with Crippen molar-refractivity contribution in [3.8, 4) is 0 Å². The maximum Gasteiger partial charge on any atom is 0.329 e. The van der Waals surface area contributed by atoms with Crippen molar-refractivity contribution in [2.45, 2.75) is 25.4 Å². The Labute approximate surface area is 143 Å². The van der Waals surface area contributed by atoms with Crippen LogP contribution in [0.4, 0.5) is 5.69 Å². The zero-order valence-electron chi connectivity index (χ0n) is 14.0. The highest BCUT2D eigenvalue weighted by Crippen LogP contribution is 2.32. The normalized spacial score (nSPS) is 24.5. The Morgan fingerprint density at radius 1 is 1.17 bits per heavy atom.